The zero-order valence-corrected chi connectivity index (χ0v) is 25.0. The van der Waals surface area contributed by atoms with Crippen LogP contribution < -0.4 is 14.2 Å². The zero-order chi connectivity index (χ0) is 37.7. The molecule has 0 heterocycles. The monoisotopic (exact) mass is 702 g/mol. The molecule has 0 aromatic heterocycles. The lowest BCUT2D eigenvalue weighted by atomic mass is 10.0. The van der Waals surface area contributed by atoms with Crippen molar-refractivity contribution in [3.8, 4) is 17.2 Å². The molecule has 0 saturated heterocycles. The van der Waals surface area contributed by atoms with Crippen molar-refractivity contribution in [3.63, 3.8) is 0 Å². The van der Waals surface area contributed by atoms with Crippen molar-refractivity contribution in [2.24, 2.45) is 0 Å². The van der Waals surface area contributed by atoms with E-state index in [0.29, 0.717) is 18.2 Å². The van der Waals surface area contributed by atoms with Crippen LogP contribution in [0.25, 0.3) is 0 Å². The molecule has 0 atom stereocenters. The third-order valence-corrected chi connectivity index (χ3v) is 6.63. The first-order valence-corrected chi connectivity index (χ1v) is 13.6. The van der Waals surface area contributed by atoms with E-state index in [9.17, 15) is 73.8 Å². The van der Waals surface area contributed by atoms with Crippen LogP contribution in [0.2, 0.25) is 0 Å². The summed E-state index contributed by atoms with van der Waals surface area (Å²) in [7, 11) is 0. The Bertz CT molecular complexity index is 1950. The molecule has 4 aromatic rings. The Balaban J connectivity index is 1.73. The molecule has 6 N–H and O–H groups in total. The van der Waals surface area contributed by atoms with Crippen molar-refractivity contribution in [3.05, 3.63) is 123 Å². The van der Waals surface area contributed by atoms with Gasteiger partial charge < -0.3 is 44.8 Å². The van der Waals surface area contributed by atoms with Gasteiger partial charge >= 0.3 is 53.7 Å². The average Bonchev–Trinajstić information content (AvgIpc) is 3.06. The molecule has 0 aliphatic rings. The quantitative estimate of drug-likeness (QED) is 0.0908. The van der Waals surface area contributed by atoms with Gasteiger partial charge in [-0.15, -0.1) is 0 Å². The molecule has 0 spiro atoms. The number of benzene rings is 4. The highest BCUT2D eigenvalue weighted by Gasteiger charge is 2.24. The van der Waals surface area contributed by atoms with Crippen LogP contribution in [-0.4, -0.2) is 84.4 Å². The topological polar surface area (TPSA) is 303 Å². The van der Waals surface area contributed by atoms with Crippen molar-refractivity contribution in [1.82, 2.24) is 0 Å². The van der Waals surface area contributed by atoms with Gasteiger partial charge in [-0.3, -0.25) is 0 Å². The summed E-state index contributed by atoms with van der Waals surface area (Å²) >= 11 is 0. The van der Waals surface area contributed by atoms with Crippen molar-refractivity contribution < 1.29 is 88.0 Å². The van der Waals surface area contributed by atoms with Gasteiger partial charge in [-0.1, -0.05) is 0 Å². The van der Waals surface area contributed by atoms with Crippen molar-refractivity contribution in [1.29, 1.82) is 0 Å². The first-order valence-electron chi connectivity index (χ1n) is 13.6. The second-order valence-electron chi connectivity index (χ2n) is 9.92. The fourth-order valence-electron chi connectivity index (χ4n) is 4.32. The smallest absolute Gasteiger partial charge is 0.343 e. The molecule has 0 saturated carbocycles. The number of carboxylic acids is 6. The van der Waals surface area contributed by atoms with E-state index in [0.717, 1.165) is 54.6 Å². The molecular weight excluding hydrogens is 684 g/mol. The number of ether oxygens (including phenoxy) is 3. The highest BCUT2D eigenvalue weighted by Crippen LogP contribution is 2.30. The van der Waals surface area contributed by atoms with E-state index in [1.165, 1.54) is 0 Å². The molecule has 0 fully saturated rings. The summed E-state index contributed by atoms with van der Waals surface area (Å²) in [4.78, 5) is 108. The number of aromatic carboxylic acids is 6. The fourth-order valence-corrected chi connectivity index (χ4v) is 4.32. The summed E-state index contributed by atoms with van der Waals surface area (Å²) in [5, 5.41) is 55.9. The molecule has 51 heavy (non-hydrogen) atoms. The van der Waals surface area contributed by atoms with Gasteiger partial charge in [-0.2, -0.15) is 0 Å². The summed E-state index contributed by atoms with van der Waals surface area (Å²) in [6, 6.07) is 10.1. The molecule has 0 aliphatic carbocycles. The Kier molecular flexibility index (Phi) is 10.2. The summed E-state index contributed by atoms with van der Waals surface area (Å²) in [5.74, 6) is -15.3. The minimum Gasteiger partial charge on any atom is -0.478 e. The Morgan fingerprint density at radius 3 is 0.725 bits per heavy atom. The highest BCUT2D eigenvalue weighted by atomic mass is 16.6. The maximum Gasteiger partial charge on any atom is 0.343 e. The number of hydrogen-bond donors (Lipinski definition) is 6. The first kappa shape index (κ1) is 36.0. The minimum atomic E-state index is -1.69. The zero-order valence-electron chi connectivity index (χ0n) is 25.0. The van der Waals surface area contributed by atoms with E-state index in [2.05, 4.69) is 0 Å². The molecule has 4 aromatic carbocycles. The van der Waals surface area contributed by atoms with Gasteiger partial charge in [-0.05, 0) is 54.6 Å². The maximum absolute atomic E-state index is 13.0. The van der Waals surface area contributed by atoms with Gasteiger partial charge in [0.1, 0.15) is 17.2 Å². The van der Waals surface area contributed by atoms with Gasteiger partial charge in [0.25, 0.3) is 0 Å². The summed E-state index contributed by atoms with van der Waals surface area (Å²) in [6.45, 7) is 0. The first-order chi connectivity index (χ1) is 24.0. The summed E-state index contributed by atoms with van der Waals surface area (Å²) in [5.41, 5.74) is -5.62. The van der Waals surface area contributed by atoms with Crippen LogP contribution in [0.3, 0.4) is 0 Å². The third-order valence-electron chi connectivity index (χ3n) is 6.63. The van der Waals surface area contributed by atoms with Gasteiger partial charge in [0.05, 0.1) is 50.1 Å². The van der Waals surface area contributed by atoms with Gasteiger partial charge in [0.15, 0.2) is 0 Å². The molecule has 0 amide bonds. The number of rotatable bonds is 12. The van der Waals surface area contributed by atoms with E-state index in [1.54, 1.807) is 0 Å². The van der Waals surface area contributed by atoms with E-state index in [-0.39, 0.29) is 0 Å². The molecule has 0 radical (unpaired) electrons. The molecule has 0 unspecified atom stereocenters. The van der Waals surface area contributed by atoms with Gasteiger partial charge in [-0.25, -0.2) is 43.2 Å². The van der Waals surface area contributed by atoms with Crippen LogP contribution in [0.4, 0.5) is 0 Å². The second kappa shape index (κ2) is 14.5. The Hall–Kier alpha value is -7.89. The number of carbonyl (C=O) groups is 9. The summed E-state index contributed by atoms with van der Waals surface area (Å²) < 4.78 is 15.7. The van der Waals surface area contributed by atoms with E-state index in [1.807, 2.05) is 0 Å². The van der Waals surface area contributed by atoms with Crippen LogP contribution in [-0.2, 0) is 0 Å². The number of carboxylic acid groups (broad SMARTS) is 6. The molecule has 4 rings (SSSR count). The molecule has 18 nitrogen and oxygen atoms in total. The van der Waals surface area contributed by atoms with Crippen LogP contribution in [0.15, 0.2) is 72.8 Å². The third kappa shape index (κ3) is 8.16. The van der Waals surface area contributed by atoms with Crippen LogP contribution >= 0.6 is 0 Å². The van der Waals surface area contributed by atoms with Crippen molar-refractivity contribution in [2.75, 3.05) is 0 Å². The van der Waals surface area contributed by atoms with E-state index in [4.69, 9.17) is 14.2 Å². The van der Waals surface area contributed by atoms with Crippen molar-refractivity contribution >= 4 is 53.7 Å². The lowest BCUT2D eigenvalue weighted by Crippen LogP contribution is -2.15. The SMILES string of the molecule is O=C(Oc1cc(OC(=O)c2ccc(C(=O)O)c(C(=O)O)c2)cc(OC(=O)c2ccc(C(=O)O)c(C(=O)O)c2)c1)c1ccc(C(=O)O)c(C(=O)O)c1. The molecular formula is C33H18O18. The van der Waals surface area contributed by atoms with Crippen LogP contribution in [0.5, 0.6) is 17.2 Å². The highest BCUT2D eigenvalue weighted by molar-refractivity contribution is 6.06. The summed E-state index contributed by atoms with van der Waals surface area (Å²) in [6.07, 6.45) is 0. The average molecular weight is 702 g/mol. The molecule has 0 bridgehead atoms. The lowest BCUT2D eigenvalue weighted by Gasteiger charge is -2.12. The largest absolute Gasteiger partial charge is 0.478 e. The fraction of sp³-hybridized carbons (Fsp3) is 0. The second-order valence-corrected chi connectivity index (χ2v) is 9.92. The Morgan fingerprint density at radius 2 is 0.529 bits per heavy atom. The maximum atomic E-state index is 13.0. The van der Waals surface area contributed by atoms with Crippen LogP contribution in [0, 0.1) is 0 Å². The molecule has 258 valence electrons. The molecule has 18 heteroatoms. The van der Waals surface area contributed by atoms with E-state index >= 15 is 0 Å². The van der Waals surface area contributed by atoms with Gasteiger partial charge in [0, 0.05) is 18.2 Å². The Labute approximate surface area is 281 Å². The van der Waals surface area contributed by atoms with E-state index < -0.39 is 121 Å². The number of esters is 3. The normalized spacial score (nSPS) is 10.4. The lowest BCUT2D eigenvalue weighted by molar-refractivity contribution is 0.0650. The van der Waals surface area contributed by atoms with Gasteiger partial charge in [0.2, 0.25) is 0 Å². The minimum absolute atomic E-state index is 0.460. The molecule has 0 aliphatic heterocycles. The van der Waals surface area contributed by atoms with Crippen molar-refractivity contribution in [2.45, 2.75) is 0 Å². The predicted molar refractivity (Wildman–Crippen MR) is 162 cm³/mol. The predicted octanol–water partition coefficient (Wildman–Crippen LogP) is 3.53. The van der Waals surface area contributed by atoms with Crippen LogP contribution in [0.1, 0.15) is 93.2 Å². The number of hydrogen-bond acceptors (Lipinski definition) is 12. The number of carbonyl (C=O) groups excluding carboxylic acids is 3. The Morgan fingerprint density at radius 1 is 0.314 bits per heavy atom. The standard InChI is InChI=1S/C33H18O18/c34-25(35)19-4-1-13(7-22(19)28(40)41)31(46)49-16-10-17(50-32(47)14-2-5-20(26(36)37)23(8-14)29(42)43)12-18(11-16)51-33(48)15-3-6-21(27(38)39)24(9-15)30(44)45/h1-12H,(H,34,35)(H,36,37)(H,38,39)(H,40,41)(H,42,43)(H,44,45).